The van der Waals surface area contributed by atoms with Gasteiger partial charge in [-0.1, -0.05) is 17.7 Å². The first-order valence-corrected chi connectivity index (χ1v) is 6.36. The van der Waals surface area contributed by atoms with Crippen molar-refractivity contribution in [2.45, 2.75) is 18.6 Å². The zero-order valence-corrected chi connectivity index (χ0v) is 9.24. The highest BCUT2D eigenvalue weighted by atomic mass is 33.1. The maximum Gasteiger partial charge on any atom is 0.0594 e. The lowest BCUT2D eigenvalue weighted by Gasteiger charge is -2.27. The van der Waals surface area contributed by atoms with Crippen LogP contribution in [-0.4, -0.2) is 43.0 Å². The predicted molar refractivity (Wildman–Crippen MR) is 57.9 cm³/mol. The number of hydrogen-bond donors (Lipinski definition) is 1. The molecule has 0 bridgehead atoms. The van der Waals surface area contributed by atoms with Gasteiger partial charge in [-0.05, 0) is 13.0 Å². The van der Waals surface area contributed by atoms with Gasteiger partial charge in [0.2, 0.25) is 0 Å². The molecular weight excluding hydrogens is 190 g/mol. The van der Waals surface area contributed by atoms with E-state index in [9.17, 15) is 0 Å². The highest BCUT2D eigenvalue weighted by molar-refractivity contribution is 8.68. The smallest absolute Gasteiger partial charge is 0.0594 e. The first-order valence-electron chi connectivity index (χ1n) is 4.43. The van der Waals surface area contributed by atoms with Gasteiger partial charge in [-0.15, -0.1) is 11.7 Å². The molecule has 0 N–H and O–H groups in total. The molecular formula is C8H17NOS2. The van der Waals surface area contributed by atoms with Gasteiger partial charge >= 0.3 is 0 Å². The van der Waals surface area contributed by atoms with Gasteiger partial charge in [-0.3, -0.25) is 4.90 Å². The molecule has 1 aliphatic heterocycles. The van der Waals surface area contributed by atoms with E-state index in [0.29, 0.717) is 5.25 Å². The van der Waals surface area contributed by atoms with Crippen LogP contribution in [0.15, 0.2) is 0 Å². The molecule has 1 saturated heterocycles. The third-order valence-corrected chi connectivity index (χ3v) is 3.81. The quantitative estimate of drug-likeness (QED) is 0.556. The Morgan fingerprint density at radius 2 is 2.17 bits per heavy atom. The van der Waals surface area contributed by atoms with Gasteiger partial charge in [0.05, 0.1) is 13.2 Å². The van der Waals surface area contributed by atoms with Crippen LogP contribution < -0.4 is 0 Å². The molecule has 0 amide bonds. The molecule has 0 saturated carbocycles. The van der Waals surface area contributed by atoms with Crippen LogP contribution in [-0.2, 0) is 4.74 Å². The Bertz CT molecular complexity index is 118. The van der Waals surface area contributed by atoms with Crippen molar-refractivity contribution in [3.8, 4) is 0 Å². The molecule has 72 valence electrons. The average molecular weight is 207 g/mol. The molecule has 0 spiro atoms. The Kier molecular flexibility index (Phi) is 5.47. The van der Waals surface area contributed by atoms with Crippen molar-refractivity contribution in [3.05, 3.63) is 0 Å². The van der Waals surface area contributed by atoms with E-state index in [-0.39, 0.29) is 0 Å². The van der Waals surface area contributed by atoms with Gasteiger partial charge in [0.25, 0.3) is 0 Å². The highest BCUT2D eigenvalue weighted by Gasteiger charge is 2.10. The molecule has 1 heterocycles. The summed E-state index contributed by atoms with van der Waals surface area (Å²) in [6.45, 7) is 7.43. The fourth-order valence-electron chi connectivity index (χ4n) is 1.24. The van der Waals surface area contributed by atoms with E-state index in [1.807, 2.05) is 0 Å². The summed E-state index contributed by atoms with van der Waals surface area (Å²) in [5.74, 6) is 0. The first kappa shape index (κ1) is 10.7. The summed E-state index contributed by atoms with van der Waals surface area (Å²) >= 11 is 4.19. The Hall–Kier alpha value is 0.620. The van der Waals surface area contributed by atoms with E-state index in [2.05, 4.69) is 23.5 Å². The summed E-state index contributed by atoms with van der Waals surface area (Å²) in [6, 6.07) is 0. The summed E-state index contributed by atoms with van der Waals surface area (Å²) in [5, 5.41) is 0.663. The van der Waals surface area contributed by atoms with E-state index in [1.165, 1.54) is 13.0 Å². The Morgan fingerprint density at radius 1 is 1.50 bits per heavy atom. The van der Waals surface area contributed by atoms with Crippen LogP contribution in [0.25, 0.3) is 0 Å². The minimum Gasteiger partial charge on any atom is -0.379 e. The molecule has 12 heavy (non-hydrogen) atoms. The zero-order valence-electron chi connectivity index (χ0n) is 7.53. The SMILES string of the molecule is CC(CCN1CCOCC1)SS. The molecule has 1 atom stereocenters. The monoisotopic (exact) mass is 207 g/mol. The van der Waals surface area contributed by atoms with Crippen LogP contribution in [0.5, 0.6) is 0 Å². The number of nitrogens with zero attached hydrogens (tertiary/aromatic N) is 1. The van der Waals surface area contributed by atoms with Crippen molar-refractivity contribution in [2.24, 2.45) is 0 Å². The van der Waals surface area contributed by atoms with E-state index in [1.54, 1.807) is 10.8 Å². The van der Waals surface area contributed by atoms with Gasteiger partial charge < -0.3 is 4.74 Å². The number of rotatable bonds is 4. The van der Waals surface area contributed by atoms with Gasteiger partial charge in [0.1, 0.15) is 0 Å². The summed E-state index contributed by atoms with van der Waals surface area (Å²) in [5.41, 5.74) is 0. The second-order valence-electron chi connectivity index (χ2n) is 3.16. The van der Waals surface area contributed by atoms with Gasteiger partial charge in [-0.25, -0.2) is 0 Å². The van der Waals surface area contributed by atoms with Crippen LogP contribution in [0.1, 0.15) is 13.3 Å². The molecule has 2 nitrogen and oxygen atoms in total. The lowest BCUT2D eigenvalue weighted by atomic mass is 10.3. The summed E-state index contributed by atoms with van der Waals surface area (Å²) in [6.07, 6.45) is 1.23. The molecule has 0 aromatic carbocycles. The number of thiol groups is 1. The molecule has 1 aliphatic rings. The van der Waals surface area contributed by atoms with E-state index >= 15 is 0 Å². The van der Waals surface area contributed by atoms with Crippen LogP contribution in [0.3, 0.4) is 0 Å². The fourth-order valence-corrected chi connectivity index (χ4v) is 1.77. The minimum atomic E-state index is 0.663. The lowest BCUT2D eigenvalue weighted by molar-refractivity contribution is 0.0375. The summed E-state index contributed by atoms with van der Waals surface area (Å²) in [4.78, 5) is 2.46. The van der Waals surface area contributed by atoms with Crippen molar-refractivity contribution in [1.29, 1.82) is 0 Å². The maximum atomic E-state index is 5.27. The van der Waals surface area contributed by atoms with Crippen molar-refractivity contribution in [2.75, 3.05) is 32.8 Å². The summed E-state index contributed by atoms with van der Waals surface area (Å²) < 4.78 is 5.27. The van der Waals surface area contributed by atoms with E-state index in [0.717, 1.165) is 26.3 Å². The van der Waals surface area contributed by atoms with E-state index in [4.69, 9.17) is 4.74 Å². The standard InChI is InChI=1S/C8H17NOS2/c1-8(12-11)2-3-9-4-6-10-7-5-9/h8,11H,2-7H2,1H3. The van der Waals surface area contributed by atoms with Gasteiger partial charge in [-0.2, -0.15) is 0 Å². The third kappa shape index (κ3) is 4.03. The Morgan fingerprint density at radius 3 is 2.75 bits per heavy atom. The van der Waals surface area contributed by atoms with Gasteiger partial charge in [0.15, 0.2) is 0 Å². The first-order chi connectivity index (χ1) is 5.83. The topological polar surface area (TPSA) is 12.5 Å². The normalized spacial score (nSPS) is 22.5. The van der Waals surface area contributed by atoms with Crippen molar-refractivity contribution < 1.29 is 4.74 Å². The average Bonchev–Trinajstić information content (AvgIpc) is 2.16. The zero-order chi connectivity index (χ0) is 8.81. The molecule has 0 aromatic heterocycles. The highest BCUT2D eigenvalue weighted by Crippen LogP contribution is 2.17. The minimum absolute atomic E-state index is 0.663. The second kappa shape index (κ2) is 6.13. The predicted octanol–water partition coefficient (Wildman–Crippen LogP) is 1.68. The molecule has 0 radical (unpaired) electrons. The van der Waals surface area contributed by atoms with Gasteiger partial charge in [0, 0.05) is 18.3 Å². The molecule has 4 heteroatoms. The van der Waals surface area contributed by atoms with Crippen molar-refractivity contribution in [3.63, 3.8) is 0 Å². The van der Waals surface area contributed by atoms with E-state index < -0.39 is 0 Å². The lowest BCUT2D eigenvalue weighted by Crippen LogP contribution is -2.37. The maximum absolute atomic E-state index is 5.27. The molecule has 1 fully saturated rings. The number of hydrogen-bond acceptors (Lipinski definition) is 4. The molecule has 1 unspecified atom stereocenters. The largest absolute Gasteiger partial charge is 0.379 e. The van der Waals surface area contributed by atoms with Crippen molar-refractivity contribution in [1.82, 2.24) is 4.90 Å². The molecule has 0 aliphatic carbocycles. The Labute approximate surface area is 83.8 Å². The van der Waals surface area contributed by atoms with Crippen LogP contribution in [0, 0.1) is 0 Å². The Balaban J connectivity index is 2.05. The van der Waals surface area contributed by atoms with Crippen LogP contribution >= 0.6 is 22.5 Å². The fraction of sp³-hybridized carbons (Fsp3) is 1.00. The summed E-state index contributed by atoms with van der Waals surface area (Å²) in [7, 11) is 1.65. The molecule has 1 rings (SSSR count). The number of ether oxygens (including phenoxy) is 1. The van der Waals surface area contributed by atoms with Crippen LogP contribution in [0.4, 0.5) is 0 Å². The molecule has 0 aromatic rings. The van der Waals surface area contributed by atoms with Crippen molar-refractivity contribution >= 4 is 22.5 Å². The second-order valence-corrected chi connectivity index (χ2v) is 4.81. The third-order valence-electron chi connectivity index (χ3n) is 2.14. The number of morpholine rings is 1. The van der Waals surface area contributed by atoms with Crippen LogP contribution in [0.2, 0.25) is 0 Å².